The van der Waals surface area contributed by atoms with Crippen molar-refractivity contribution in [3.8, 4) is 0 Å². The summed E-state index contributed by atoms with van der Waals surface area (Å²) in [4.78, 5) is 0. The lowest BCUT2D eigenvalue weighted by Gasteiger charge is -2.29. The molecule has 0 aliphatic heterocycles. The highest BCUT2D eigenvalue weighted by molar-refractivity contribution is 8.22. The zero-order valence-electron chi connectivity index (χ0n) is 5.72. The first-order chi connectivity index (χ1) is 3.95. The quantitative estimate of drug-likeness (QED) is 0.576. The second-order valence-corrected chi connectivity index (χ2v) is 3.76. The van der Waals surface area contributed by atoms with Crippen molar-refractivity contribution >= 4 is 10.8 Å². The minimum atomic E-state index is -2.59. The van der Waals surface area contributed by atoms with Crippen LogP contribution in [0.2, 0.25) is 0 Å². The fourth-order valence-corrected chi connectivity index (χ4v) is 1.04. The maximum Gasteiger partial charge on any atom is 0.0464 e. The maximum atomic E-state index is 8.79. The lowest BCUT2D eigenvalue weighted by Crippen LogP contribution is -2.16. The number of hydrogen-bond acceptors (Lipinski definition) is 3. The van der Waals surface area contributed by atoms with Crippen molar-refractivity contribution in [1.82, 2.24) is 4.72 Å². The van der Waals surface area contributed by atoms with Crippen LogP contribution in [0.3, 0.4) is 0 Å². The van der Waals surface area contributed by atoms with Gasteiger partial charge in [0, 0.05) is 12.0 Å². The molecule has 0 fully saturated rings. The Morgan fingerprint density at radius 2 is 2.11 bits per heavy atom. The van der Waals surface area contributed by atoms with E-state index in [-0.39, 0.29) is 0 Å². The summed E-state index contributed by atoms with van der Waals surface area (Å²) in [6.45, 7) is 5.44. The molecule has 0 atom stereocenters. The molecule has 0 saturated heterocycles. The van der Waals surface area contributed by atoms with Crippen molar-refractivity contribution in [1.29, 1.82) is 0 Å². The van der Waals surface area contributed by atoms with E-state index in [1.165, 1.54) is 6.26 Å². The third kappa shape index (κ3) is 5.68. The molecule has 4 heteroatoms. The molecule has 0 bridgehead atoms. The molecule has 0 aliphatic rings. The molecular formula is C5H13NO2S. The van der Waals surface area contributed by atoms with E-state index in [9.17, 15) is 0 Å². The first kappa shape index (κ1) is 8.81. The van der Waals surface area contributed by atoms with E-state index < -0.39 is 10.8 Å². The van der Waals surface area contributed by atoms with Gasteiger partial charge >= 0.3 is 0 Å². The van der Waals surface area contributed by atoms with Gasteiger partial charge in [0.1, 0.15) is 0 Å². The van der Waals surface area contributed by atoms with Crippen LogP contribution in [0.25, 0.3) is 0 Å². The van der Waals surface area contributed by atoms with Gasteiger partial charge in [-0.05, 0) is 6.42 Å². The molecule has 0 rings (SSSR count). The Kier molecular flexibility index (Phi) is 3.03. The zero-order valence-corrected chi connectivity index (χ0v) is 6.53. The summed E-state index contributed by atoms with van der Waals surface area (Å²) in [5.41, 5.74) is 0.650. The highest BCUT2D eigenvalue weighted by Crippen LogP contribution is 2.28. The smallest absolute Gasteiger partial charge is 0.0464 e. The Hall–Kier alpha value is -0.190. The summed E-state index contributed by atoms with van der Waals surface area (Å²) >= 11 is 0. The van der Waals surface area contributed by atoms with Crippen molar-refractivity contribution in [3.63, 3.8) is 0 Å². The van der Waals surface area contributed by atoms with Gasteiger partial charge in [0.05, 0.1) is 0 Å². The van der Waals surface area contributed by atoms with Gasteiger partial charge in [0.15, 0.2) is 0 Å². The number of hydrogen-bond donors (Lipinski definition) is 3. The molecule has 0 aromatic rings. The number of rotatable bonds is 3. The molecule has 9 heavy (non-hydrogen) atoms. The molecule has 0 unspecified atom stereocenters. The molecule has 0 radical (unpaired) electrons. The molecule has 0 saturated carbocycles. The lowest BCUT2D eigenvalue weighted by atomic mass is 10.4. The van der Waals surface area contributed by atoms with Gasteiger partial charge < -0.3 is 0 Å². The third-order valence-electron chi connectivity index (χ3n) is 0.764. The second-order valence-electron chi connectivity index (χ2n) is 1.89. The predicted molar refractivity (Wildman–Crippen MR) is 41.3 cm³/mol. The van der Waals surface area contributed by atoms with E-state index in [4.69, 9.17) is 9.11 Å². The largest absolute Gasteiger partial charge is 0.290 e. The summed E-state index contributed by atoms with van der Waals surface area (Å²) in [5.74, 6) is 0. The summed E-state index contributed by atoms with van der Waals surface area (Å²) < 4.78 is 20.0. The van der Waals surface area contributed by atoms with Gasteiger partial charge in [-0.1, -0.05) is 13.5 Å². The monoisotopic (exact) mass is 151 g/mol. The van der Waals surface area contributed by atoms with E-state index in [1.807, 2.05) is 6.92 Å². The Bertz CT molecular complexity index is 108. The van der Waals surface area contributed by atoms with E-state index >= 15 is 0 Å². The Balaban J connectivity index is 3.60. The fourth-order valence-electron chi connectivity index (χ4n) is 0.346. The van der Waals surface area contributed by atoms with Crippen molar-refractivity contribution < 1.29 is 9.11 Å². The first-order valence-corrected chi connectivity index (χ1v) is 4.60. The van der Waals surface area contributed by atoms with Crippen LogP contribution in [0.15, 0.2) is 12.3 Å². The minimum Gasteiger partial charge on any atom is -0.290 e. The predicted octanol–water partition coefficient (Wildman–Crippen LogP) is 1.80. The van der Waals surface area contributed by atoms with Gasteiger partial charge in [0.25, 0.3) is 0 Å². The van der Waals surface area contributed by atoms with Crippen LogP contribution in [0.1, 0.15) is 13.3 Å². The van der Waals surface area contributed by atoms with E-state index in [1.54, 1.807) is 0 Å². The van der Waals surface area contributed by atoms with Gasteiger partial charge in [-0.3, -0.25) is 13.8 Å². The van der Waals surface area contributed by atoms with Crippen LogP contribution in [-0.4, -0.2) is 15.4 Å². The topological polar surface area (TPSA) is 52.5 Å². The van der Waals surface area contributed by atoms with Crippen molar-refractivity contribution in [2.45, 2.75) is 13.3 Å². The van der Waals surface area contributed by atoms with E-state index in [2.05, 4.69) is 11.3 Å². The van der Waals surface area contributed by atoms with Gasteiger partial charge in [0.2, 0.25) is 0 Å². The molecule has 0 aromatic carbocycles. The van der Waals surface area contributed by atoms with Crippen LogP contribution in [0.5, 0.6) is 0 Å². The molecular weight excluding hydrogens is 138 g/mol. The van der Waals surface area contributed by atoms with Gasteiger partial charge in [-0.15, -0.1) is 10.8 Å². The second kappa shape index (κ2) is 3.10. The SMILES string of the molecule is C=C(CC)NS(C)(O)O. The van der Waals surface area contributed by atoms with Crippen molar-refractivity contribution in [3.05, 3.63) is 12.3 Å². The van der Waals surface area contributed by atoms with Crippen LogP contribution >= 0.6 is 10.8 Å². The number of nitrogens with one attached hydrogen (secondary N) is 1. The van der Waals surface area contributed by atoms with Gasteiger partial charge in [-0.25, -0.2) is 0 Å². The molecule has 3 N–H and O–H groups in total. The average Bonchev–Trinajstić information content (AvgIpc) is 1.62. The van der Waals surface area contributed by atoms with Crippen LogP contribution < -0.4 is 4.72 Å². The Morgan fingerprint density at radius 1 is 1.67 bits per heavy atom. The zero-order chi connectivity index (χ0) is 7.49. The van der Waals surface area contributed by atoms with E-state index in [0.29, 0.717) is 12.1 Å². The van der Waals surface area contributed by atoms with Crippen molar-refractivity contribution in [2.75, 3.05) is 6.26 Å². The molecule has 0 spiro atoms. The molecule has 0 amide bonds. The van der Waals surface area contributed by atoms with Crippen molar-refractivity contribution in [2.24, 2.45) is 0 Å². The molecule has 0 heterocycles. The van der Waals surface area contributed by atoms with Crippen LogP contribution in [-0.2, 0) is 0 Å². The van der Waals surface area contributed by atoms with Crippen LogP contribution in [0, 0.1) is 0 Å². The lowest BCUT2D eigenvalue weighted by molar-refractivity contribution is 0.484. The first-order valence-electron chi connectivity index (χ1n) is 2.64. The minimum absolute atomic E-state index is 0.650. The molecule has 56 valence electrons. The Morgan fingerprint density at radius 3 is 2.22 bits per heavy atom. The van der Waals surface area contributed by atoms with Crippen LogP contribution in [0.4, 0.5) is 0 Å². The highest BCUT2D eigenvalue weighted by Gasteiger charge is 2.00. The maximum absolute atomic E-state index is 8.79. The fraction of sp³-hybridized carbons (Fsp3) is 0.600. The normalized spacial score (nSPS) is 12.9. The highest BCUT2D eigenvalue weighted by atomic mass is 32.3. The summed E-state index contributed by atoms with van der Waals surface area (Å²) in [6, 6.07) is 0. The summed E-state index contributed by atoms with van der Waals surface area (Å²) in [6.07, 6.45) is 2.04. The van der Waals surface area contributed by atoms with E-state index in [0.717, 1.165) is 0 Å². The average molecular weight is 151 g/mol. The molecule has 0 aromatic heterocycles. The molecule has 3 nitrogen and oxygen atoms in total. The Labute approximate surface area is 57.3 Å². The van der Waals surface area contributed by atoms with Gasteiger partial charge in [-0.2, -0.15) is 0 Å². The summed E-state index contributed by atoms with van der Waals surface area (Å²) in [7, 11) is -2.59. The standard InChI is InChI=1S/C5H13NO2S/c1-4-5(2)6-9(3,7)8/h6-8H,2,4H2,1,3H3. The summed E-state index contributed by atoms with van der Waals surface area (Å²) in [5, 5.41) is 0. The third-order valence-corrected chi connectivity index (χ3v) is 1.44. The number of allylic oxidation sites excluding steroid dienone is 1. The molecule has 0 aliphatic carbocycles.